The third-order valence-electron chi connectivity index (χ3n) is 3.51. The predicted molar refractivity (Wildman–Crippen MR) is 96.9 cm³/mol. The Morgan fingerprint density at radius 3 is 2.65 bits per heavy atom. The summed E-state index contributed by atoms with van der Waals surface area (Å²) in [6.45, 7) is 0.267. The van der Waals surface area contributed by atoms with Gasteiger partial charge in [-0.25, -0.2) is 4.79 Å². The molecule has 0 amide bonds. The molecular weight excluding hydrogens is 352 g/mol. The van der Waals surface area contributed by atoms with Crippen molar-refractivity contribution in [2.75, 3.05) is 0 Å². The zero-order valence-corrected chi connectivity index (χ0v) is 14.0. The first-order chi connectivity index (χ1) is 11.2. The minimum absolute atomic E-state index is 0.267. The van der Waals surface area contributed by atoms with Crippen LogP contribution in [0.2, 0.25) is 0 Å². The molecule has 3 heteroatoms. The Morgan fingerprint density at radius 1 is 1.00 bits per heavy atom. The van der Waals surface area contributed by atoms with Crippen LogP contribution in [0.1, 0.15) is 11.1 Å². The summed E-state index contributed by atoms with van der Waals surface area (Å²) >= 11 is 3.40. The smallest absolute Gasteiger partial charge is 0.331 e. The van der Waals surface area contributed by atoms with Gasteiger partial charge in [-0.1, -0.05) is 70.5 Å². The van der Waals surface area contributed by atoms with Crippen LogP contribution in [-0.4, -0.2) is 5.97 Å². The van der Waals surface area contributed by atoms with Crippen molar-refractivity contribution in [3.63, 3.8) is 0 Å². The third-order valence-corrected chi connectivity index (χ3v) is 4.00. The van der Waals surface area contributed by atoms with Gasteiger partial charge in [0.1, 0.15) is 6.61 Å². The summed E-state index contributed by atoms with van der Waals surface area (Å²) in [4.78, 5) is 11.9. The molecule has 3 aromatic rings. The van der Waals surface area contributed by atoms with Crippen LogP contribution in [0.3, 0.4) is 0 Å². The van der Waals surface area contributed by atoms with Crippen molar-refractivity contribution in [1.82, 2.24) is 0 Å². The molecule has 0 heterocycles. The molecule has 0 radical (unpaired) electrons. The van der Waals surface area contributed by atoms with Crippen molar-refractivity contribution >= 4 is 38.7 Å². The molecule has 0 aromatic heterocycles. The summed E-state index contributed by atoms with van der Waals surface area (Å²) in [6.07, 6.45) is 3.20. The molecule has 23 heavy (non-hydrogen) atoms. The highest BCUT2D eigenvalue weighted by Crippen LogP contribution is 2.19. The van der Waals surface area contributed by atoms with E-state index in [2.05, 4.69) is 15.9 Å². The summed E-state index contributed by atoms with van der Waals surface area (Å²) < 4.78 is 6.33. The van der Waals surface area contributed by atoms with Gasteiger partial charge < -0.3 is 4.74 Å². The van der Waals surface area contributed by atoms with Crippen LogP contribution < -0.4 is 0 Å². The highest BCUT2D eigenvalue weighted by Gasteiger charge is 2.03. The lowest BCUT2D eigenvalue weighted by atomic mass is 10.1. The number of benzene rings is 3. The highest BCUT2D eigenvalue weighted by molar-refractivity contribution is 9.10. The monoisotopic (exact) mass is 366 g/mol. The lowest BCUT2D eigenvalue weighted by Crippen LogP contribution is -2.01. The Morgan fingerprint density at radius 2 is 1.78 bits per heavy atom. The Bertz CT molecular complexity index is 863. The average Bonchev–Trinajstić information content (AvgIpc) is 2.58. The molecule has 3 aromatic carbocycles. The van der Waals surface area contributed by atoms with Gasteiger partial charge in [0.05, 0.1) is 0 Å². The van der Waals surface area contributed by atoms with E-state index in [4.69, 9.17) is 4.74 Å². The first-order valence-corrected chi connectivity index (χ1v) is 8.09. The average molecular weight is 367 g/mol. The van der Waals surface area contributed by atoms with Crippen molar-refractivity contribution in [3.8, 4) is 0 Å². The number of halogens is 1. The SMILES string of the molecule is O=C(C=Cc1cccc(Br)c1)OCc1cccc2ccccc12. The number of fused-ring (bicyclic) bond motifs is 1. The van der Waals surface area contributed by atoms with Crippen LogP contribution in [0.25, 0.3) is 16.8 Å². The lowest BCUT2D eigenvalue weighted by Gasteiger charge is -2.06. The predicted octanol–water partition coefficient (Wildman–Crippen LogP) is 5.36. The molecule has 0 aliphatic heterocycles. The van der Waals surface area contributed by atoms with E-state index in [1.54, 1.807) is 6.08 Å². The van der Waals surface area contributed by atoms with Gasteiger partial charge in [-0.2, -0.15) is 0 Å². The van der Waals surface area contributed by atoms with Gasteiger partial charge in [0, 0.05) is 10.5 Å². The summed E-state index contributed by atoms with van der Waals surface area (Å²) in [5.41, 5.74) is 1.95. The van der Waals surface area contributed by atoms with Gasteiger partial charge in [-0.3, -0.25) is 0 Å². The number of rotatable bonds is 4. The molecule has 0 atom stereocenters. The van der Waals surface area contributed by atoms with E-state index >= 15 is 0 Å². The maximum Gasteiger partial charge on any atom is 0.331 e. The van der Waals surface area contributed by atoms with E-state index in [-0.39, 0.29) is 12.6 Å². The number of carbonyl (C=O) groups excluding carboxylic acids is 1. The fourth-order valence-corrected chi connectivity index (χ4v) is 2.81. The van der Waals surface area contributed by atoms with Crippen LogP contribution in [0.5, 0.6) is 0 Å². The molecule has 0 aliphatic carbocycles. The molecule has 0 unspecified atom stereocenters. The standard InChI is InChI=1S/C20H15BrO2/c21-18-9-3-5-15(13-18)11-12-20(22)23-14-17-8-4-7-16-6-1-2-10-19(16)17/h1-13H,14H2. The van der Waals surface area contributed by atoms with E-state index in [9.17, 15) is 4.79 Å². The van der Waals surface area contributed by atoms with Crippen molar-refractivity contribution in [2.24, 2.45) is 0 Å². The van der Waals surface area contributed by atoms with Crippen LogP contribution in [0.15, 0.2) is 77.3 Å². The molecule has 114 valence electrons. The van der Waals surface area contributed by atoms with E-state index in [0.717, 1.165) is 26.4 Å². The summed E-state index contributed by atoms with van der Waals surface area (Å²) in [7, 11) is 0. The number of ether oxygens (including phenoxy) is 1. The largest absolute Gasteiger partial charge is 0.458 e. The fourth-order valence-electron chi connectivity index (χ4n) is 2.39. The first-order valence-electron chi connectivity index (χ1n) is 7.29. The second-order valence-corrected chi connectivity index (χ2v) is 6.05. The van der Waals surface area contributed by atoms with Crippen LogP contribution in [0.4, 0.5) is 0 Å². The second-order valence-electron chi connectivity index (χ2n) is 5.13. The van der Waals surface area contributed by atoms with Crippen molar-refractivity contribution < 1.29 is 9.53 Å². The van der Waals surface area contributed by atoms with E-state index in [1.165, 1.54) is 6.08 Å². The van der Waals surface area contributed by atoms with Crippen LogP contribution in [-0.2, 0) is 16.1 Å². The quantitative estimate of drug-likeness (QED) is 0.458. The lowest BCUT2D eigenvalue weighted by molar-refractivity contribution is -0.138. The van der Waals surface area contributed by atoms with Gasteiger partial charge in [0.15, 0.2) is 0 Å². The zero-order chi connectivity index (χ0) is 16.1. The molecule has 0 saturated heterocycles. The second kappa shape index (κ2) is 7.25. The van der Waals surface area contributed by atoms with Gasteiger partial charge >= 0.3 is 5.97 Å². The highest BCUT2D eigenvalue weighted by atomic mass is 79.9. The number of esters is 1. The Kier molecular flexibility index (Phi) is 4.89. The maximum absolute atomic E-state index is 11.9. The summed E-state index contributed by atoms with van der Waals surface area (Å²) in [5, 5.41) is 2.25. The number of carbonyl (C=O) groups is 1. The number of hydrogen-bond acceptors (Lipinski definition) is 2. The van der Waals surface area contributed by atoms with Gasteiger partial charge in [-0.15, -0.1) is 0 Å². The third kappa shape index (κ3) is 4.08. The van der Waals surface area contributed by atoms with Crippen LogP contribution in [0, 0.1) is 0 Å². The maximum atomic E-state index is 11.9. The van der Waals surface area contributed by atoms with E-state index in [1.807, 2.05) is 66.7 Å². The Balaban J connectivity index is 1.67. The van der Waals surface area contributed by atoms with Gasteiger partial charge in [0.2, 0.25) is 0 Å². The van der Waals surface area contributed by atoms with Gasteiger partial charge in [0.25, 0.3) is 0 Å². The fraction of sp³-hybridized carbons (Fsp3) is 0.0500. The Hall–Kier alpha value is -2.39. The molecule has 0 fully saturated rings. The van der Waals surface area contributed by atoms with E-state index < -0.39 is 0 Å². The zero-order valence-electron chi connectivity index (χ0n) is 12.4. The minimum Gasteiger partial charge on any atom is -0.458 e. The molecule has 0 N–H and O–H groups in total. The first kappa shape index (κ1) is 15.5. The molecule has 3 rings (SSSR count). The molecule has 0 bridgehead atoms. The van der Waals surface area contributed by atoms with Gasteiger partial charge in [-0.05, 0) is 40.1 Å². The normalized spacial score (nSPS) is 11.0. The Labute approximate surface area is 143 Å². The number of hydrogen-bond donors (Lipinski definition) is 0. The molecule has 0 aliphatic rings. The summed E-state index contributed by atoms with van der Waals surface area (Å²) in [5.74, 6) is -0.349. The molecule has 2 nitrogen and oxygen atoms in total. The van der Waals surface area contributed by atoms with Crippen molar-refractivity contribution in [2.45, 2.75) is 6.61 Å². The topological polar surface area (TPSA) is 26.3 Å². The summed E-state index contributed by atoms with van der Waals surface area (Å²) in [6, 6.07) is 21.8. The van der Waals surface area contributed by atoms with E-state index in [0.29, 0.717) is 0 Å². The molecular formula is C20H15BrO2. The van der Waals surface area contributed by atoms with Crippen molar-refractivity contribution in [3.05, 3.63) is 88.4 Å². The molecule has 0 spiro atoms. The van der Waals surface area contributed by atoms with Crippen LogP contribution >= 0.6 is 15.9 Å². The minimum atomic E-state index is -0.349. The van der Waals surface area contributed by atoms with Crippen molar-refractivity contribution in [1.29, 1.82) is 0 Å². The molecule has 0 saturated carbocycles.